The highest BCUT2D eigenvalue weighted by Gasteiger charge is 2.38. The molecular formula is C24H31NO5S. The number of hydrogen-bond acceptors (Lipinski definition) is 6. The van der Waals surface area contributed by atoms with Crippen molar-refractivity contribution >= 4 is 15.6 Å². The fourth-order valence-corrected chi connectivity index (χ4v) is 4.84. The Hall–Kier alpha value is -2.06. The van der Waals surface area contributed by atoms with Gasteiger partial charge in [0.2, 0.25) is 0 Å². The number of rotatable bonds is 10. The molecule has 0 spiro atoms. The number of ether oxygens (including phenoxy) is 2. The van der Waals surface area contributed by atoms with Crippen molar-refractivity contribution in [2.45, 2.75) is 63.0 Å². The molecule has 0 aromatic heterocycles. The van der Waals surface area contributed by atoms with Gasteiger partial charge in [-0.1, -0.05) is 48.0 Å². The molecule has 1 saturated heterocycles. The Balaban J connectivity index is 1.61. The molecule has 1 N–H and O–H groups in total. The summed E-state index contributed by atoms with van der Waals surface area (Å²) in [7, 11) is -3.50. The second kappa shape index (κ2) is 10.0. The molecule has 0 aliphatic carbocycles. The molecule has 0 bridgehead atoms. The van der Waals surface area contributed by atoms with E-state index in [-0.39, 0.29) is 41.4 Å². The van der Waals surface area contributed by atoms with Gasteiger partial charge in [-0.25, -0.2) is 8.42 Å². The van der Waals surface area contributed by atoms with E-state index >= 15 is 0 Å². The van der Waals surface area contributed by atoms with Crippen LogP contribution >= 0.6 is 0 Å². The molecule has 7 heteroatoms. The lowest BCUT2D eigenvalue weighted by molar-refractivity contribution is -0.143. The van der Waals surface area contributed by atoms with Gasteiger partial charge >= 0.3 is 0 Å². The smallest absolute Gasteiger partial charge is 0.178 e. The molecule has 0 saturated carbocycles. The molecular weight excluding hydrogens is 414 g/mol. The molecule has 2 aromatic rings. The second-order valence-corrected chi connectivity index (χ2v) is 10.6. The average molecular weight is 446 g/mol. The third-order valence-corrected chi connectivity index (χ3v) is 7.10. The molecule has 168 valence electrons. The van der Waals surface area contributed by atoms with E-state index in [1.165, 1.54) is 0 Å². The lowest BCUT2D eigenvalue weighted by Crippen LogP contribution is -2.43. The highest BCUT2D eigenvalue weighted by molar-refractivity contribution is 7.91. The minimum atomic E-state index is -3.50. The highest BCUT2D eigenvalue weighted by Crippen LogP contribution is 2.26. The summed E-state index contributed by atoms with van der Waals surface area (Å²) < 4.78 is 36.8. The Kier molecular flexibility index (Phi) is 7.64. The van der Waals surface area contributed by atoms with Gasteiger partial charge in [-0.2, -0.15) is 0 Å². The van der Waals surface area contributed by atoms with Crippen molar-refractivity contribution in [2.24, 2.45) is 0 Å². The maximum absolute atomic E-state index is 12.7. The van der Waals surface area contributed by atoms with Crippen molar-refractivity contribution in [1.82, 2.24) is 5.32 Å². The van der Waals surface area contributed by atoms with Crippen molar-refractivity contribution in [3.05, 3.63) is 65.7 Å². The van der Waals surface area contributed by atoms with Gasteiger partial charge < -0.3 is 14.8 Å². The number of carbonyl (C=O) groups is 1. The molecule has 0 radical (unpaired) electrons. The Morgan fingerprint density at radius 2 is 1.81 bits per heavy atom. The van der Waals surface area contributed by atoms with Gasteiger partial charge in [-0.05, 0) is 38.5 Å². The zero-order valence-corrected chi connectivity index (χ0v) is 19.2. The topological polar surface area (TPSA) is 81.7 Å². The van der Waals surface area contributed by atoms with Crippen LogP contribution in [0.4, 0.5) is 0 Å². The van der Waals surface area contributed by atoms with E-state index in [9.17, 15) is 13.2 Å². The summed E-state index contributed by atoms with van der Waals surface area (Å²) in [6.07, 6.45) is -0.131. The van der Waals surface area contributed by atoms with Crippen LogP contribution in [0.3, 0.4) is 0 Å². The van der Waals surface area contributed by atoms with E-state index in [0.717, 1.165) is 11.1 Å². The summed E-state index contributed by atoms with van der Waals surface area (Å²) in [4.78, 5) is 13.0. The number of benzene rings is 2. The molecule has 1 heterocycles. The maximum atomic E-state index is 12.7. The van der Waals surface area contributed by atoms with Gasteiger partial charge in [0.1, 0.15) is 11.9 Å². The van der Waals surface area contributed by atoms with Crippen molar-refractivity contribution in [3.8, 4) is 0 Å². The number of ketones is 1. The normalized spacial score (nSPS) is 19.3. The van der Waals surface area contributed by atoms with E-state index in [1.807, 2.05) is 51.1 Å². The summed E-state index contributed by atoms with van der Waals surface area (Å²) in [6, 6.07) is 16.3. The Labute approximate surface area is 184 Å². The maximum Gasteiger partial charge on any atom is 0.178 e. The summed E-state index contributed by atoms with van der Waals surface area (Å²) in [6.45, 7) is 6.56. The van der Waals surface area contributed by atoms with Gasteiger partial charge in [-0.3, -0.25) is 4.79 Å². The molecule has 2 atom stereocenters. The Morgan fingerprint density at radius 1 is 1.13 bits per heavy atom. The molecule has 1 fully saturated rings. The number of nitrogens with one attached hydrogen (secondary N) is 1. The quantitative estimate of drug-likeness (QED) is 0.603. The van der Waals surface area contributed by atoms with Crippen LogP contribution in [0, 0.1) is 6.92 Å². The van der Waals surface area contributed by atoms with Gasteiger partial charge in [0, 0.05) is 25.4 Å². The van der Waals surface area contributed by atoms with Crippen LogP contribution in [0.5, 0.6) is 0 Å². The lowest BCUT2D eigenvalue weighted by Gasteiger charge is -2.25. The van der Waals surface area contributed by atoms with Crippen LogP contribution in [-0.2, 0) is 30.7 Å². The van der Waals surface area contributed by atoms with Crippen LogP contribution in [0.2, 0.25) is 0 Å². The first-order valence-electron chi connectivity index (χ1n) is 10.5. The molecule has 6 nitrogen and oxygen atoms in total. The predicted octanol–water partition coefficient (Wildman–Crippen LogP) is 3.43. The SMILES string of the molecule is Cc1ccc(S(=O)(=O)CCC(=O)CC(NCc2ccccc2)C2COC(C)(C)O2)cc1. The van der Waals surface area contributed by atoms with E-state index < -0.39 is 15.6 Å². The van der Waals surface area contributed by atoms with Crippen LogP contribution in [-0.4, -0.2) is 44.5 Å². The minimum absolute atomic E-state index is 0.0311. The molecule has 0 amide bonds. The number of sulfone groups is 1. The van der Waals surface area contributed by atoms with E-state index in [1.54, 1.807) is 24.3 Å². The van der Waals surface area contributed by atoms with Gasteiger partial charge in [0.05, 0.1) is 17.3 Å². The van der Waals surface area contributed by atoms with Crippen LogP contribution in [0.1, 0.15) is 37.8 Å². The number of carbonyl (C=O) groups excluding carboxylic acids is 1. The first kappa shape index (κ1) is 23.6. The summed E-state index contributed by atoms with van der Waals surface area (Å²) in [5.74, 6) is -1.02. The largest absolute Gasteiger partial charge is 0.348 e. The summed E-state index contributed by atoms with van der Waals surface area (Å²) >= 11 is 0. The summed E-state index contributed by atoms with van der Waals surface area (Å²) in [5.41, 5.74) is 2.09. The van der Waals surface area contributed by atoms with Crippen LogP contribution in [0.25, 0.3) is 0 Å². The van der Waals surface area contributed by atoms with E-state index in [4.69, 9.17) is 9.47 Å². The van der Waals surface area contributed by atoms with Crippen molar-refractivity contribution in [2.75, 3.05) is 12.4 Å². The second-order valence-electron chi connectivity index (χ2n) is 8.46. The zero-order chi connectivity index (χ0) is 22.5. The summed E-state index contributed by atoms with van der Waals surface area (Å²) in [5, 5.41) is 3.41. The Morgan fingerprint density at radius 3 is 2.42 bits per heavy atom. The van der Waals surface area contributed by atoms with Gasteiger partial charge in [0.15, 0.2) is 15.6 Å². The Bertz CT molecular complexity index is 971. The molecule has 1 aliphatic heterocycles. The molecule has 3 rings (SSSR count). The van der Waals surface area contributed by atoms with Crippen molar-refractivity contribution in [3.63, 3.8) is 0 Å². The predicted molar refractivity (Wildman–Crippen MR) is 119 cm³/mol. The third-order valence-electron chi connectivity index (χ3n) is 5.37. The number of hydrogen-bond donors (Lipinski definition) is 1. The highest BCUT2D eigenvalue weighted by atomic mass is 32.2. The first-order valence-corrected chi connectivity index (χ1v) is 12.2. The molecule has 1 aliphatic rings. The minimum Gasteiger partial charge on any atom is -0.348 e. The standard InChI is InChI=1S/C24H31NO5S/c1-18-9-11-21(12-10-18)31(27,28)14-13-20(26)15-22(23-17-29-24(2,3)30-23)25-16-19-7-5-4-6-8-19/h4-12,22-23,25H,13-17H2,1-3H3. The number of aryl methyl sites for hydroxylation is 1. The molecule has 2 aromatic carbocycles. The molecule has 2 unspecified atom stereocenters. The zero-order valence-electron chi connectivity index (χ0n) is 18.3. The fraction of sp³-hybridized carbons (Fsp3) is 0.458. The van der Waals surface area contributed by atoms with E-state index in [2.05, 4.69) is 5.32 Å². The van der Waals surface area contributed by atoms with Crippen molar-refractivity contribution in [1.29, 1.82) is 0 Å². The van der Waals surface area contributed by atoms with E-state index in [0.29, 0.717) is 13.2 Å². The van der Waals surface area contributed by atoms with Crippen LogP contribution in [0.15, 0.2) is 59.5 Å². The van der Waals surface area contributed by atoms with Gasteiger partial charge in [-0.15, -0.1) is 0 Å². The van der Waals surface area contributed by atoms with Crippen molar-refractivity contribution < 1.29 is 22.7 Å². The first-order chi connectivity index (χ1) is 14.6. The fourth-order valence-electron chi connectivity index (χ4n) is 3.55. The lowest BCUT2D eigenvalue weighted by atomic mass is 10.0. The van der Waals surface area contributed by atoms with Gasteiger partial charge in [0.25, 0.3) is 0 Å². The monoisotopic (exact) mass is 445 g/mol. The van der Waals surface area contributed by atoms with Crippen LogP contribution < -0.4 is 5.32 Å². The molecule has 31 heavy (non-hydrogen) atoms. The third kappa shape index (κ3) is 6.97. The average Bonchev–Trinajstić information content (AvgIpc) is 3.10. The number of Topliss-reactive ketones (excluding diaryl/α,β-unsaturated/α-hetero) is 1.